The Labute approximate surface area is 155 Å². The van der Waals surface area contributed by atoms with Crippen LogP contribution in [0.3, 0.4) is 0 Å². The van der Waals surface area contributed by atoms with Gasteiger partial charge in [0.1, 0.15) is 17.9 Å². The molecule has 0 N–H and O–H groups in total. The number of benzene rings is 3. The Morgan fingerprint density at radius 2 is 1.73 bits per heavy atom. The maximum absolute atomic E-state index is 12.3. The van der Waals surface area contributed by atoms with E-state index < -0.39 is 0 Å². The minimum Gasteiger partial charge on any atom is -0.489 e. The quantitative estimate of drug-likeness (QED) is 0.437. The van der Waals surface area contributed by atoms with E-state index in [0.717, 1.165) is 16.5 Å². The van der Waals surface area contributed by atoms with Gasteiger partial charge in [0.15, 0.2) is 0 Å². The highest BCUT2D eigenvalue weighted by molar-refractivity contribution is 6.30. The average molecular weight is 363 g/mol. The third kappa shape index (κ3) is 3.48. The van der Waals surface area contributed by atoms with Crippen LogP contribution in [0.4, 0.5) is 0 Å². The first-order valence-corrected chi connectivity index (χ1v) is 8.57. The molecule has 0 saturated carbocycles. The second-order valence-electron chi connectivity index (χ2n) is 5.93. The number of ether oxygens (including phenoxy) is 1. The summed E-state index contributed by atoms with van der Waals surface area (Å²) < 4.78 is 11.3. The van der Waals surface area contributed by atoms with Crippen LogP contribution < -0.4 is 10.4 Å². The topological polar surface area (TPSA) is 39.4 Å². The van der Waals surface area contributed by atoms with E-state index in [9.17, 15) is 4.79 Å². The lowest BCUT2D eigenvalue weighted by Gasteiger charge is -2.08. The maximum Gasteiger partial charge on any atom is 0.344 e. The molecule has 128 valence electrons. The molecular weight excluding hydrogens is 348 g/mol. The Balaban J connectivity index is 1.62. The summed E-state index contributed by atoms with van der Waals surface area (Å²) in [5.41, 5.74) is 2.49. The Morgan fingerprint density at radius 3 is 2.54 bits per heavy atom. The van der Waals surface area contributed by atoms with Gasteiger partial charge in [-0.15, -0.1) is 0 Å². The van der Waals surface area contributed by atoms with E-state index in [1.54, 1.807) is 6.07 Å². The van der Waals surface area contributed by atoms with Crippen LogP contribution in [0.5, 0.6) is 5.75 Å². The lowest BCUT2D eigenvalue weighted by molar-refractivity contribution is 0.306. The molecule has 3 aromatic carbocycles. The van der Waals surface area contributed by atoms with E-state index in [1.165, 1.54) is 0 Å². The van der Waals surface area contributed by atoms with Gasteiger partial charge in [0.2, 0.25) is 0 Å². The highest BCUT2D eigenvalue weighted by atomic mass is 35.5. The van der Waals surface area contributed by atoms with Gasteiger partial charge in [0.25, 0.3) is 0 Å². The van der Waals surface area contributed by atoms with Gasteiger partial charge < -0.3 is 9.15 Å². The van der Waals surface area contributed by atoms with E-state index in [1.807, 2.05) is 72.8 Å². The van der Waals surface area contributed by atoms with Gasteiger partial charge in [-0.25, -0.2) is 4.79 Å². The third-order valence-electron chi connectivity index (χ3n) is 4.09. The van der Waals surface area contributed by atoms with E-state index in [4.69, 9.17) is 20.8 Å². The smallest absolute Gasteiger partial charge is 0.344 e. The largest absolute Gasteiger partial charge is 0.489 e. The van der Waals surface area contributed by atoms with E-state index in [-0.39, 0.29) is 5.63 Å². The molecule has 4 rings (SSSR count). The lowest BCUT2D eigenvalue weighted by Crippen LogP contribution is -2.02. The van der Waals surface area contributed by atoms with Gasteiger partial charge in [-0.2, -0.15) is 0 Å². The van der Waals surface area contributed by atoms with Crippen molar-refractivity contribution >= 4 is 22.6 Å². The van der Waals surface area contributed by atoms with Crippen molar-refractivity contribution in [3.05, 3.63) is 99.9 Å². The summed E-state index contributed by atoms with van der Waals surface area (Å²) in [6.45, 7) is 0.387. The highest BCUT2D eigenvalue weighted by Crippen LogP contribution is 2.25. The summed E-state index contributed by atoms with van der Waals surface area (Å²) in [7, 11) is 0. The van der Waals surface area contributed by atoms with Crippen LogP contribution in [0.25, 0.3) is 22.1 Å². The van der Waals surface area contributed by atoms with Crippen LogP contribution >= 0.6 is 11.6 Å². The van der Waals surface area contributed by atoms with Crippen LogP contribution in [-0.4, -0.2) is 0 Å². The van der Waals surface area contributed by atoms with E-state index >= 15 is 0 Å². The molecule has 0 radical (unpaired) electrons. The van der Waals surface area contributed by atoms with Crippen LogP contribution in [0.1, 0.15) is 5.56 Å². The standard InChI is InChI=1S/C22H15ClO3/c23-18-8-4-5-15(11-18)14-25-19-10-9-17-12-20(16-6-2-1-3-7-16)22(24)26-21(17)13-19/h1-13H,14H2. The molecule has 4 aromatic rings. The Kier molecular flexibility index (Phi) is 4.46. The fourth-order valence-electron chi connectivity index (χ4n) is 2.79. The number of hydrogen-bond acceptors (Lipinski definition) is 3. The predicted molar refractivity (Wildman–Crippen MR) is 104 cm³/mol. The molecule has 0 atom stereocenters. The molecule has 0 aliphatic rings. The first kappa shape index (κ1) is 16.4. The molecule has 0 amide bonds. The van der Waals surface area contributed by atoms with Gasteiger partial charge in [0.05, 0.1) is 5.56 Å². The lowest BCUT2D eigenvalue weighted by atomic mass is 10.1. The predicted octanol–water partition coefficient (Wildman–Crippen LogP) is 5.69. The zero-order valence-electron chi connectivity index (χ0n) is 13.8. The van der Waals surface area contributed by atoms with Crippen molar-refractivity contribution in [1.82, 2.24) is 0 Å². The first-order valence-electron chi connectivity index (χ1n) is 8.20. The summed E-state index contributed by atoms with van der Waals surface area (Å²) in [6.07, 6.45) is 0. The molecule has 0 spiro atoms. The number of hydrogen-bond donors (Lipinski definition) is 0. The van der Waals surface area contributed by atoms with Crippen molar-refractivity contribution in [3.8, 4) is 16.9 Å². The normalized spacial score (nSPS) is 10.8. The zero-order valence-corrected chi connectivity index (χ0v) is 14.6. The summed E-state index contributed by atoms with van der Waals surface area (Å²) in [4.78, 5) is 12.3. The van der Waals surface area contributed by atoms with Crippen LogP contribution in [0.15, 0.2) is 88.1 Å². The summed E-state index contributed by atoms with van der Waals surface area (Å²) in [6, 6.07) is 24.3. The average Bonchev–Trinajstić information content (AvgIpc) is 2.66. The fourth-order valence-corrected chi connectivity index (χ4v) is 3.01. The SMILES string of the molecule is O=c1oc2cc(OCc3cccc(Cl)c3)ccc2cc1-c1ccccc1. The van der Waals surface area contributed by atoms with Crippen LogP contribution in [0.2, 0.25) is 5.02 Å². The zero-order chi connectivity index (χ0) is 17.9. The van der Waals surface area contributed by atoms with Crippen LogP contribution in [-0.2, 0) is 6.61 Å². The maximum atomic E-state index is 12.3. The second-order valence-corrected chi connectivity index (χ2v) is 6.37. The summed E-state index contributed by atoms with van der Waals surface area (Å²) in [5, 5.41) is 1.52. The molecule has 3 nitrogen and oxygen atoms in total. The number of fused-ring (bicyclic) bond motifs is 1. The monoisotopic (exact) mass is 362 g/mol. The summed E-state index contributed by atoms with van der Waals surface area (Å²) >= 11 is 5.98. The van der Waals surface area contributed by atoms with Crippen molar-refractivity contribution < 1.29 is 9.15 Å². The van der Waals surface area contributed by atoms with Gasteiger partial charge in [-0.1, -0.05) is 54.1 Å². The third-order valence-corrected chi connectivity index (χ3v) is 4.32. The molecule has 0 aliphatic carbocycles. The minimum absolute atomic E-state index is 0.365. The molecule has 0 bridgehead atoms. The molecule has 26 heavy (non-hydrogen) atoms. The minimum atomic E-state index is -0.365. The van der Waals surface area contributed by atoms with Crippen molar-refractivity contribution in [3.63, 3.8) is 0 Å². The van der Waals surface area contributed by atoms with E-state index in [0.29, 0.717) is 28.5 Å². The van der Waals surface area contributed by atoms with Gasteiger partial charge in [-0.05, 0) is 41.5 Å². The van der Waals surface area contributed by atoms with Crippen molar-refractivity contribution in [2.45, 2.75) is 6.61 Å². The Bertz CT molecular complexity index is 1120. The molecule has 0 aliphatic heterocycles. The number of halogens is 1. The van der Waals surface area contributed by atoms with Gasteiger partial charge in [0, 0.05) is 16.5 Å². The molecule has 1 heterocycles. The molecule has 0 saturated heterocycles. The summed E-state index contributed by atoms with van der Waals surface area (Å²) in [5.74, 6) is 0.632. The van der Waals surface area contributed by atoms with Crippen LogP contribution in [0, 0.1) is 0 Å². The molecule has 0 fully saturated rings. The van der Waals surface area contributed by atoms with Gasteiger partial charge >= 0.3 is 5.63 Å². The molecule has 4 heteroatoms. The van der Waals surface area contributed by atoms with Crippen molar-refractivity contribution in [2.75, 3.05) is 0 Å². The Hall–Kier alpha value is -3.04. The fraction of sp³-hybridized carbons (Fsp3) is 0.0455. The first-order chi connectivity index (χ1) is 12.7. The van der Waals surface area contributed by atoms with E-state index in [2.05, 4.69) is 0 Å². The molecular formula is C22H15ClO3. The number of rotatable bonds is 4. The Morgan fingerprint density at radius 1 is 0.885 bits per heavy atom. The molecule has 0 unspecified atom stereocenters. The molecule has 1 aromatic heterocycles. The van der Waals surface area contributed by atoms with Gasteiger partial charge in [-0.3, -0.25) is 0 Å². The second kappa shape index (κ2) is 7.06. The van der Waals surface area contributed by atoms with Crippen molar-refractivity contribution in [2.24, 2.45) is 0 Å². The highest BCUT2D eigenvalue weighted by Gasteiger charge is 2.08. The van der Waals surface area contributed by atoms with Crippen molar-refractivity contribution in [1.29, 1.82) is 0 Å².